The third-order valence-electron chi connectivity index (χ3n) is 4.71. The normalized spacial score (nSPS) is 23.0. The molecule has 0 aliphatic heterocycles. The van der Waals surface area contributed by atoms with Crippen LogP contribution in [0, 0.1) is 5.92 Å². The van der Waals surface area contributed by atoms with Gasteiger partial charge >= 0.3 is 12.1 Å². The minimum absolute atomic E-state index is 0.135. The fourth-order valence-corrected chi connectivity index (χ4v) is 3.36. The van der Waals surface area contributed by atoms with Crippen LogP contribution in [-0.2, 0) is 11.0 Å². The van der Waals surface area contributed by atoms with Crippen LogP contribution in [0.1, 0.15) is 62.6 Å². The summed E-state index contributed by atoms with van der Waals surface area (Å²) in [5, 5.41) is 12.5. The van der Waals surface area contributed by atoms with Gasteiger partial charge < -0.3 is 10.4 Å². The summed E-state index contributed by atoms with van der Waals surface area (Å²) < 4.78 is 38.8. The van der Waals surface area contributed by atoms with Gasteiger partial charge in [-0.3, -0.25) is 4.79 Å². The highest BCUT2D eigenvalue weighted by Crippen LogP contribution is 2.32. The van der Waals surface area contributed by atoms with Crippen LogP contribution >= 0.6 is 0 Å². The molecule has 0 saturated heterocycles. The first-order chi connectivity index (χ1) is 11.3. The molecular weight excluding hydrogens is 319 g/mol. The van der Waals surface area contributed by atoms with Crippen LogP contribution in [0.4, 0.5) is 13.2 Å². The maximum absolute atomic E-state index is 12.9. The zero-order valence-electron chi connectivity index (χ0n) is 13.8. The van der Waals surface area contributed by atoms with Crippen molar-refractivity contribution in [2.45, 2.75) is 63.7 Å². The molecule has 1 aromatic rings. The maximum atomic E-state index is 12.9. The highest BCUT2D eigenvalue weighted by Gasteiger charge is 2.31. The third-order valence-corrected chi connectivity index (χ3v) is 4.71. The van der Waals surface area contributed by atoms with E-state index in [9.17, 15) is 18.0 Å². The van der Waals surface area contributed by atoms with Gasteiger partial charge in [0.05, 0.1) is 11.5 Å². The molecule has 1 aliphatic carbocycles. The van der Waals surface area contributed by atoms with Crippen LogP contribution in [0.2, 0.25) is 0 Å². The zero-order chi connectivity index (χ0) is 17.7. The largest absolute Gasteiger partial charge is 0.481 e. The molecule has 134 valence electrons. The Morgan fingerprint density at radius 2 is 1.96 bits per heavy atom. The van der Waals surface area contributed by atoms with Crippen molar-refractivity contribution in [3.05, 3.63) is 35.4 Å². The van der Waals surface area contributed by atoms with E-state index in [1.807, 2.05) is 6.92 Å². The molecule has 1 unspecified atom stereocenters. The molecule has 0 aromatic heterocycles. The van der Waals surface area contributed by atoms with Gasteiger partial charge in [0.25, 0.3) is 0 Å². The van der Waals surface area contributed by atoms with Crippen LogP contribution in [0.15, 0.2) is 24.3 Å². The quantitative estimate of drug-likeness (QED) is 0.781. The number of hydrogen-bond donors (Lipinski definition) is 2. The number of benzene rings is 1. The first-order valence-corrected chi connectivity index (χ1v) is 8.47. The van der Waals surface area contributed by atoms with Crippen molar-refractivity contribution < 1.29 is 23.1 Å². The second-order valence-electron chi connectivity index (χ2n) is 6.52. The third kappa shape index (κ3) is 4.97. The van der Waals surface area contributed by atoms with Gasteiger partial charge in [-0.1, -0.05) is 25.5 Å². The van der Waals surface area contributed by atoms with Crippen LogP contribution in [0.3, 0.4) is 0 Å². The van der Waals surface area contributed by atoms with Crippen molar-refractivity contribution in [1.82, 2.24) is 5.32 Å². The molecular formula is C18H24F3NO2. The summed E-state index contributed by atoms with van der Waals surface area (Å²) in [7, 11) is 0. The number of carbonyl (C=O) groups is 1. The maximum Gasteiger partial charge on any atom is 0.416 e. The van der Waals surface area contributed by atoms with Gasteiger partial charge in [-0.05, 0) is 49.8 Å². The highest BCUT2D eigenvalue weighted by molar-refractivity contribution is 5.70. The molecule has 1 aromatic carbocycles. The number of aliphatic carboxylic acids is 1. The lowest BCUT2D eigenvalue weighted by Crippen LogP contribution is -2.37. The molecule has 1 fully saturated rings. The van der Waals surface area contributed by atoms with Gasteiger partial charge in [-0.15, -0.1) is 0 Å². The van der Waals surface area contributed by atoms with Crippen molar-refractivity contribution in [2.75, 3.05) is 0 Å². The van der Waals surface area contributed by atoms with E-state index < -0.39 is 17.7 Å². The van der Waals surface area contributed by atoms with E-state index in [4.69, 9.17) is 5.11 Å². The van der Waals surface area contributed by atoms with Crippen LogP contribution in [0.25, 0.3) is 0 Å². The fourth-order valence-electron chi connectivity index (χ4n) is 3.36. The average molecular weight is 343 g/mol. The van der Waals surface area contributed by atoms with E-state index in [0.717, 1.165) is 31.7 Å². The summed E-state index contributed by atoms with van der Waals surface area (Å²) in [4.78, 5) is 11.0. The molecule has 0 radical (unpaired) electrons. The van der Waals surface area contributed by atoms with Crippen molar-refractivity contribution >= 4 is 5.97 Å². The molecule has 1 saturated carbocycles. The molecule has 0 bridgehead atoms. The summed E-state index contributed by atoms with van der Waals surface area (Å²) in [5.74, 6) is -1.04. The van der Waals surface area contributed by atoms with Gasteiger partial charge in [0, 0.05) is 12.1 Å². The monoisotopic (exact) mass is 343 g/mol. The summed E-state index contributed by atoms with van der Waals surface area (Å²) >= 11 is 0. The standard InChI is InChI=1S/C18H24F3NO2/c1-2-4-16(13-5-3-6-14(11-13)18(19,20)21)22-15-9-7-12(8-10-15)17(23)24/h3,5-6,11-12,15-16,22H,2,4,7-10H2,1H3,(H,23,24). The lowest BCUT2D eigenvalue weighted by Gasteiger charge is -2.31. The van der Waals surface area contributed by atoms with E-state index in [-0.39, 0.29) is 18.0 Å². The fraction of sp³-hybridized carbons (Fsp3) is 0.611. The van der Waals surface area contributed by atoms with Gasteiger partial charge in [-0.25, -0.2) is 0 Å². The Hall–Kier alpha value is -1.56. The summed E-state index contributed by atoms with van der Waals surface area (Å²) in [6.45, 7) is 2.00. The number of rotatable bonds is 6. The Balaban J connectivity index is 2.06. The van der Waals surface area contributed by atoms with Gasteiger partial charge in [0.15, 0.2) is 0 Å². The van der Waals surface area contributed by atoms with Crippen LogP contribution in [0.5, 0.6) is 0 Å². The molecule has 0 spiro atoms. The molecule has 0 heterocycles. The van der Waals surface area contributed by atoms with Crippen LogP contribution < -0.4 is 5.32 Å². The smallest absolute Gasteiger partial charge is 0.416 e. The molecule has 1 aliphatic rings. The molecule has 3 nitrogen and oxygen atoms in total. The van der Waals surface area contributed by atoms with Gasteiger partial charge in [0.1, 0.15) is 0 Å². The average Bonchev–Trinajstić information content (AvgIpc) is 2.54. The molecule has 2 rings (SSSR count). The summed E-state index contributed by atoms with van der Waals surface area (Å²) in [6.07, 6.45) is 0.0000311. The van der Waals surface area contributed by atoms with Crippen molar-refractivity contribution in [3.63, 3.8) is 0 Å². The lowest BCUT2D eigenvalue weighted by molar-refractivity contribution is -0.143. The van der Waals surface area contributed by atoms with E-state index in [1.54, 1.807) is 6.07 Å². The second-order valence-corrected chi connectivity index (χ2v) is 6.52. The van der Waals surface area contributed by atoms with E-state index in [1.165, 1.54) is 12.1 Å². The Morgan fingerprint density at radius 1 is 1.29 bits per heavy atom. The Labute approximate surface area is 140 Å². The molecule has 6 heteroatoms. The first-order valence-electron chi connectivity index (χ1n) is 8.47. The number of hydrogen-bond acceptors (Lipinski definition) is 2. The molecule has 24 heavy (non-hydrogen) atoms. The second kappa shape index (κ2) is 8.01. The summed E-state index contributed by atoms with van der Waals surface area (Å²) in [6, 6.07) is 5.51. The van der Waals surface area contributed by atoms with E-state index >= 15 is 0 Å². The summed E-state index contributed by atoms with van der Waals surface area (Å²) in [5.41, 5.74) is 0.0181. The number of alkyl halides is 3. The van der Waals surface area contributed by atoms with E-state index in [0.29, 0.717) is 18.4 Å². The van der Waals surface area contributed by atoms with Crippen molar-refractivity contribution in [1.29, 1.82) is 0 Å². The molecule has 2 N–H and O–H groups in total. The Kier molecular flexibility index (Phi) is 6.27. The first kappa shape index (κ1) is 18.8. The topological polar surface area (TPSA) is 49.3 Å². The Morgan fingerprint density at radius 3 is 2.50 bits per heavy atom. The minimum atomic E-state index is -4.34. The SMILES string of the molecule is CCCC(NC1CCC(C(=O)O)CC1)c1cccc(C(F)(F)F)c1. The molecule has 1 atom stereocenters. The number of carboxylic acid groups (broad SMARTS) is 1. The van der Waals surface area contributed by atoms with E-state index in [2.05, 4.69) is 5.32 Å². The number of carboxylic acids is 1. The van der Waals surface area contributed by atoms with Crippen LogP contribution in [-0.4, -0.2) is 17.1 Å². The number of halogens is 3. The predicted octanol–water partition coefficient (Wildman–Crippen LogP) is 4.78. The van der Waals surface area contributed by atoms with Gasteiger partial charge in [-0.2, -0.15) is 13.2 Å². The Bertz CT molecular complexity index is 551. The van der Waals surface area contributed by atoms with Gasteiger partial charge in [0.2, 0.25) is 0 Å². The minimum Gasteiger partial charge on any atom is -0.481 e. The highest BCUT2D eigenvalue weighted by atomic mass is 19.4. The zero-order valence-corrected chi connectivity index (χ0v) is 13.8. The van der Waals surface area contributed by atoms with Crippen molar-refractivity contribution in [2.24, 2.45) is 5.92 Å². The lowest BCUT2D eigenvalue weighted by atomic mass is 9.85. The number of nitrogens with one attached hydrogen (secondary N) is 1. The van der Waals surface area contributed by atoms with Crippen molar-refractivity contribution in [3.8, 4) is 0 Å². The predicted molar refractivity (Wildman–Crippen MR) is 85.6 cm³/mol. The molecule has 0 amide bonds.